The van der Waals surface area contributed by atoms with Gasteiger partial charge in [0.2, 0.25) is 0 Å². The van der Waals surface area contributed by atoms with Crippen LogP contribution in [0.3, 0.4) is 0 Å². The van der Waals surface area contributed by atoms with Crippen LogP contribution in [-0.4, -0.2) is 19.5 Å². The Balaban J connectivity index is 0.00000341. The van der Waals surface area contributed by atoms with Crippen LogP contribution < -0.4 is 34.5 Å². The molecular weight excluding hydrogens is 468 g/mol. The fourth-order valence-corrected chi connectivity index (χ4v) is 3.67. The average Bonchev–Trinajstić information content (AvgIpc) is 2.73. The molecule has 0 aliphatic heterocycles. The Morgan fingerprint density at radius 2 is 1.68 bits per heavy atom. The number of nitrogens with zero attached hydrogens (tertiary/aromatic N) is 3. The molecule has 0 saturated heterocycles. The molecule has 0 atom stereocenters. The van der Waals surface area contributed by atoms with Gasteiger partial charge in [-0.15, -0.1) is 5.11 Å². The van der Waals surface area contributed by atoms with Gasteiger partial charge in [0.1, 0.15) is 15.8 Å². The Bertz CT molecular complexity index is 1170. The van der Waals surface area contributed by atoms with E-state index in [1.54, 1.807) is 30.3 Å². The second-order valence-electron chi connectivity index (χ2n) is 6.43. The van der Waals surface area contributed by atoms with E-state index >= 15 is 0 Å². The summed E-state index contributed by atoms with van der Waals surface area (Å²) in [6.07, 6.45) is 0. The molecule has 0 spiro atoms. The van der Waals surface area contributed by atoms with Gasteiger partial charge in [0.25, 0.3) is 0 Å². The second-order valence-corrected chi connectivity index (χ2v) is 8.65. The number of hydrogen-bond donors (Lipinski definition) is 0. The first-order valence-electron chi connectivity index (χ1n) is 9.03. The first-order chi connectivity index (χ1) is 14.3. The zero-order chi connectivity index (χ0) is 21.7. The van der Waals surface area contributed by atoms with Crippen molar-refractivity contribution < 1.29 is 42.5 Å². The molecule has 0 radical (unpaired) electrons. The minimum absolute atomic E-state index is 0. The van der Waals surface area contributed by atoms with Crippen molar-refractivity contribution in [1.82, 2.24) is 0 Å². The molecule has 6 nitrogen and oxygen atoms in total. The summed E-state index contributed by atoms with van der Waals surface area (Å²) in [5, 5.41) is 9.31. The molecule has 0 bridgehead atoms. The van der Waals surface area contributed by atoms with Crippen molar-refractivity contribution in [3.63, 3.8) is 0 Å². The molecule has 156 valence electrons. The summed E-state index contributed by atoms with van der Waals surface area (Å²) in [7, 11) is -4.48. The van der Waals surface area contributed by atoms with Crippen LogP contribution in [0.1, 0.15) is 12.5 Å². The first kappa shape index (κ1) is 25.8. The van der Waals surface area contributed by atoms with Crippen molar-refractivity contribution in [3.8, 4) is 0 Å². The van der Waals surface area contributed by atoms with Crippen LogP contribution in [0.15, 0.2) is 81.9 Å². The van der Waals surface area contributed by atoms with Crippen LogP contribution in [0, 0.1) is 0 Å². The molecular formula is C21H18Cl2N3NaO3S. The SMILES string of the molecule is CCN(Cc1cccc(S(=O)(=O)[O-])c1)c1ccc(N=Nc2cc(Cl)ccc2Cl)cc1.[Na+]. The van der Waals surface area contributed by atoms with Gasteiger partial charge in [0.15, 0.2) is 0 Å². The van der Waals surface area contributed by atoms with E-state index in [0.29, 0.717) is 34.5 Å². The monoisotopic (exact) mass is 485 g/mol. The van der Waals surface area contributed by atoms with Gasteiger partial charge in [-0.05, 0) is 67.1 Å². The van der Waals surface area contributed by atoms with Crippen LogP contribution in [0.25, 0.3) is 0 Å². The fourth-order valence-electron chi connectivity index (χ4n) is 2.81. The molecule has 0 unspecified atom stereocenters. The van der Waals surface area contributed by atoms with E-state index in [2.05, 4.69) is 10.2 Å². The molecule has 31 heavy (non-hydrogen) atoms. The smallest absolute Gasteiger partial charge is 0.744 e. The molecule has 0 N–H and O–H groups in total. The molecule has 0 saturated carbocycles. The number of halogens is 2. The maximum absolute atomic E-state index is 11.2. The standard InChI is InChI=1S/C21H19Cl2N3O3S.Na/c1-2-26(14-15-4-3-5-19(12-15)30(27,28)29)18-9-7-17(8-10-18)24-25-21-13-16(22)6-11-20(21)23;/h3-13H,2,14H2,1H3,(H,27,28,29);/q;+1/p-1. The zero-order valence-electron chi connectivity index (χ0n) is 17.0. The van der Waals surface area contributed by atoms with Crippen LogP contribution in [0.5, 0.6) is 0 Å². The van der Waals surface area contributed by atoms with E-state index < -0.39 is 10.1 Å². The van der Waals surface area contributed by atoms with E-state index in [4.69, 9.17) is 23.2 Å². The predicted molar refractivity (Wildman–Crippen MR) is 118 cm³/mol. The topological polar surface area (TPSA) is 85.2 Å². The van der Waals surface area contributed by atoms with Crippen molar-refractivity contribution >= 4 is 50.4 Å². The molecule has 0 aliphatic carbocycles. The number of rotatable bonds is 7. The predicted octanol–water partition coefficient (Wildman–Crippen LogP) is 3.34. The molecule has 0 heterocycles. The summed E-state index contributed by atoms with van der Waals surface area (Å²) >= 11 is 12.0. The third-order valence-corrected chi connectivity index (χ3v) is 5.72. The van der Waals surface area contributed by atoms with Gasteiger partial charge >= 0.3 is 29.6 Å². The molecule has 3 aromatic rings. The maximum atomic E-state index is 11.2. The summed E-state index contributed by atoms with van der Waals surface area (Å²) in [5.41, 5.74) is 2.78. The van der Waals surface area contributed by atoms with Gasteiger partial charge < -0.3 is 9.45 Å². The number of benzene rings is 3. The average molecular weight is 486 g/mol. The van der Waals surface area contributed by atoms with Gasteiger partial charge in [-0.1, -0.05) is 35.3 Å². The summed E-state index contributed by atoms with van der Waals surface area (Å²) < 4.78 is 33.7. The van der Waals surface area contributed by atoms with Gasteiger partial charge in [-0.2, -0.15) is 5.11 Å². The largest absolute Gasteiger partial charge is 1.00 e. The molecule has 3 rings (SSSR count). The van der Waals surface area contributed by atoms with Crippen molar-refractivity contribution in [2.24, 2.45) is 10.2 Å². The minimum Gasteiger partial charge on any atom is -0.744 e. The third kappa shape index (κ3) is 7.29. The van der Waals surface area contributed by atoms with Crippen molar-refractivity contribution in [3.05, 3.63) is 82.3 Å². The Labute approximate surface area is 213 Å². The van der Waals surface area contributed by atoms with Gasteiger partial charge in [0.05, 0.1) is 15.6 Å². The van der Waals surface area contributed by atoms with E-state index in [9.17, 15) is 13.0 Å². The van der Waals surface area contributed by atoms with Crippen molar-refractivity contribution in [2.75, 3.05) is 11.4 Å². The normalized spacial score (nSPS) is 11.4. The van der Waals surface area contributed by atoms with Gasteiger partial charge in [-0.3, -0.25) is 0 Å². The van der Waals surface area contributed by atoms with Crippen molar-refractivity contribution in [1.29, 1.82) is 0 Å². The Kier molecular flexibility index (Phi) is 9.51. The van der Waals surface area contributed by atoms with Gasteiger partial charge in [-0.25, -0.2) is 8.42 Å². The van der Waals surface area contributed by atoms with Crippen molar-refractivity contribution in [2.45, 2.75) is 18.4 Å². The van der Waals surface area contributed by atoms with Crippen LogP contribution in [0.2, 0.25) is 10.0 Å². The number of anilines is 1. The van der Waals surface area contributed by atoms with E-state index in [0.717, 1.165) is 11.3 Å². The van der Waals surface area contributed by atoms with E-state index in [1.165, 1.54) is 12.1 Å². The second kappa shape index (κ2) is 11.4. The summed E-state index contributed by atoms with van der Waals surface area (Å²) in [6, 6.07) is 18.5. The fraction of sp³-hybridized carbons (Fsp3) is 0.143. The zero-order valence-corrected chi connectivity index (χ0v) is 21.3. The molecule has 0 aliphatic rings. The quantitative estimate of drug-likeness (QED) is 0.291. The Morgan fingerprint density at radius 1 is 0.968 bits per heavy atom. The number of azo groups is 1. The summed E-state index contributed by atoms with van der Waals surface area (Å²) in [4.78, 5) is 1.82. The Hall–Kier alpha value is -1.45. The first-order valence-corrected chi connectivity index (χ1v) is 11.2. The summed E-state index contributed by atoms with van der Waals surface area (Å²) in [5.74, 6) is 0. The van der Waals surface area contributed by atoms with Gasteiger partial charge in [0, 0.05) is 23.8 Å². The molecule has 0 fully saturated rings. The Morgan fingerprint density at radius 3 is 2.32 bits per heavy atom. The molecule has 10 heteroatoms. The summed E-state index contributed by atoms with van der Waals surface area (Å²) in [6.45, 7) is 3.13. The van der Waals surface area contributed by atoms with Crippen LogP contribution in [0.4, 0.5) is 17.1 Å². The number of hydrogen-bond acceptors (Lipinski definition) is 6. The minimum atomic E-state index is -4.48. The molecule has 3 aromatic carbocycles. The van der Waals surface area contributed by atoms with Crippen LogP contribution >= 0.6 is 23.2 Å². The molecule has 0 aromatic heterocycles. The third-order valence-electron chi connectivity index (χ3n) is 4.34. The molecule has 0 amide bonds. The van der Waals surface area contributed by atoms with Crippen LogP contribution in [-0.2, 0) is 16.7 Å². The van der Waals surface area contributed by atoms with E-state index in [-0.39, 0.29) is 34.5 Å². The maximum Gasteiger partial charge on any atom is 1.00 e. The van der Waals surface area contributed by atoms with E-state index in [1.807, 2.05) is 36.1 Å².